The normalized spacial score (nSPS) is 10.9. The average Bonchev–Trinajstić information content (AvgIpc) is 2.42. The Kier molecular flexibility index (Phi) is 7.70. The molecule has 120 valence electrons. The van der Waals surface area contributed by atoms with E-state index in [1.807, 2.05) is 0 Å². The van der Waals surface area contributed by atoms with Crippen LogP contribution >= 0.6 is 0 Å². The van der Waals surface area contributed by atoms with Crippen molar-refractivity contribution in [1.82, 2.24) is 0 Å². The van der Waals surface area contributed by atoms with Gasteiger partial charge >= 0.3 is 6.61 Å². The van der Waals surface area contributed by atoms with E-state index < -0.39 is 18.2 Å². The number of nitrogen functional groups attached to an aromatic ring is 1. The van der Waals surface area contributed by atoms with Crippen LogP contribution in [0, 0.1) is 5.82 Å². The van der Waals surface area contributed by atoms with Crippen LogP contribution in [0.1, 0.15) is 6.42 Å². The van der Waals surface area contributed by atoms with Crippen molar-refractivity contribution in [1.29, 1.82) is 0 Å². The minimum Gasteiger partial charge on any atom is -0.489 e. The molecule has 0 aromatic heterocycles. The van der Waals surface area contributed by atoms with Crippen molar-refractivity contribution in [2.45, 2.75) is 13.0 Å². The molecule has 0 saturated carbocycles. The van der Waals surface area contributed by atoms with Gasteiger partial charge < -0.3 is 24.7 Å². The van der Waals surface area contributed by atoms with E-state index in [-0.39, 0.29) is 24.7 Å². The van der Waals surface area contributed by atoms with Gasteiger partial charge in [0, 0.05) is 32.5 Å². The highest BCUT2D eigenvalue weighted by atomic mass is 19.3. The quantitative estimate of drug-likeness (QED) is 0.531. The molecule has 5 nitrogen and oxygen atoms in total. The van der Waals surface area contributed by atoms with Crippen molar-refractivity contribution in [3.63, 3.8) is 0 Å². The summed E-state index contributed by atoms with van der Waals surface area (Å²) in [5, 5.41) is 0. The maximum absolute atomic E-state index is 13.3. The largest absolute Gasteiger partial charge is 0.489 e. The lowest BCUT2D eigenvalue weighted by molar-refractivity contribution is -0.0523. The molecule has 0 spiro atoms. The Labute approximate surface area is 120 Å². The maximum Gasteiger partial charge on any atom is 0.387 e. The molecule has 0 heterocycles. The Hall–Kier alpha value is -1.67. The third-order valence-electron chi connectivity index (χ3n) is 2.40. The lowest BCUT2D eigenvalue weighted by atomic mass is 10.2. The Morgan fingerprint density at radius 1 is 1.10 bits per heavy atom. The topological polar surface area (TPSA) is 62.9 Å². The number of anilines is 1. The fourth-order valence-corrected chi connectivity index (χ4v) is 1.48. The number of ether oxygens (including phenoxy) is 4. The molecule has 0 radical (unpaired) electrons. The molecule has 8 heteroatoms. The van der Waals surface area contributed by atoms with Crippen molar-refractivity contribution < 1.29 is 32.1 Å². The van der Waals surface area contributed by atoms with Crippen LogP contribution in [0.3, 0.4) is 0 Å². The third-order valence-corrected chi connectivity index (χ3v) is 2.40. The first-order chi connectivity index (χ1) is 10.0. The van der Waals surface area contributed by atoms with Gasteiger partial charge in [0.2, 0.25) is 0 Å². The second-order valence-electron chi connectivity index (χ2n) is 4.01. The van der Waals surface area contributed by atoms with Gasteiger partial charge in [-0.05, 0) is 6.42 Å². The highest BCUT2D eigenvalue weighted by Crippen LogP contribution is 2.31. The van der Waals surface area contributed by atoms with E-state index in [2.05, 4.69) is 4.74 Å². The Balaban J connectivity index is 2.43. The van der Waals surface area contributed by atoms with Crippen LogP contribution in [0.25, 0.3) is 0 Å². The molecule has 0 atom stereocenters. The van der Waals surface area contributed by atoms with Gasteiger partial charge in [0.1, 0.15) is 12.4 Å². The predicted molar refractivity (Wildman–Crippen MR) is 70.3 cm³/mol. The molecular formula is C13H18F3NO4. The van der Waals surface area contributed by atoms with Crippen molar-refractivity contribution in [2.75, 3.05) is 39.3 Å². The van der Waals surface area contributed by atoms with Gasteiger partial charge in [-0.1, -0.05) is 0 Å². The van der Waals surface area contributed by atoms with Crippen molar-refractivity contribution in [3.8, 4) is 11.5 Å². The summed E-state index contributed by atoms with van der Waals surface area (Å²) in [7, 11) is 1.60. The Bertz CT molecular complexity index is 432. The molecule has 0 amide bonds. The molecule has 0 saturated heterocycles. The van der Waals surface area contributed by atoms with E-state index in [4.69, 9.17) is 19.9 Å². The van der Waals surface area contributed by atoms with Crippen LogP contribution in [-0.2, 0) is 9.47 Å². The fraction of sp³-hybridized carbons (Fsp3) is 0.538. The molecule has 0 aliphatic heterocycles. The zero-order valence-corrected chi connectivity index (χ0v) is 11.6. The minimum absolute atomic E-state index is 0.00602. The summed E-state index contributed by atoms with van der Waals surface area (Å²) in [4.78, 5) is 0. The highest BCUT2D eigenvalue weighted by molar-refractivity contribution is 5.56. The van der Waals surface area contributed by atoms with E-state index in [1.54, 1.807) is 7.11 Å². The number of alkyl halides is 2. The van der Waals surface area contributed by atoms with Crippen molar-refractivity contribution >= 4 is 5.69 Å². The molecule has 1 aromatic carbocycles. The van der Waals surface area contributed by atoms with Gasteiger partial charge in [-0.25, -0.2) is 4.39 Å². The summed E-state index contributed by atoms with van der Waals surface area (Å²) in [6.07, 6.45) is 0.752. The van der Waals surface area contributed by atoms with Crippen LogP contribution < -0.4 is 15.2 Å². The Morgan fingerprint density at radius 2 is 1.86 bits per heavy atom. The first kappa shape index (κ1) is 17.4. The molecule has 0 bridgehead atoms. The molecule has 2 N–H and O–H groups in total. The summed E-state index contributed by atoms with van der Waals surface area (Å²) in [6, 6.07) is 1.86. The van der Waals surface area contributed by atoms with Gasteiger partial charge in [-0.2, -0.15) is 8.78 Å². The standard InChI is InChI=1S/C13H18F3NO4/c1-18-3-2-4-19-5-6-20-12-8-11(21-13(15)16)9(14)7-10(12)17/h7-8,13H,2-6,17H2,1H3. The maximum atomic E-state index is 13.3. The SMILES string of the molecule is COCCCOCCOc1cc(OC(F)F)c(F)cc1N. The lowest BCUT2D eigenvalue weighted by Crippen LogP contribution is -2.10. The number of rotatable bonds is 10. The van der Waals surface area contributed by atoms with Gasteiger partial charge in [-0.15, -0.1) is 0 Å². The molecule has 0 aliphatic rings. The zero-order valence-electron chi connectivity index (χ0n) is 11.6. The van der Waals surface area contributed by atoms with E-state index in [1.165, 1.54) is 0 Å². The van der Waals surface area contributed by atoms with Crippen molar-refractivity contribution in [2.24, 2.45) is 0 Å². The molecule has 0 unspecified atom stereocenters. The molecule has 0 fully saturated rings. The number of hydrogen-bond acceptors (Lipinski definition) is 5. The number of hydrogen-bond donors (Lipinski definition) is 1. The lowest BCUT2D eigenvalue weighted by Gasteiger charge is -2.12. The van der Waals surface area contributed by atoms with Crippen LogP contribution in [0.5, 0.6) is 11.5 Å². The smallest absolute Gasteiger partial charge is 0.387 e. The number of benzene rings is 1. The molecule has 1 rings (SSSR count). The first-order valence-corrected chi connectivity index (χ1v) is 6.28. The van der Waals surface area contributed by atoms with Crippen LogP contribution in [-0.4, -0.2) is 40.1 Å². The van der Waals surface area contributed by atoms with Gasteiger partial charge in [-0.3, -0.25) is 0 Å². The third kappa shape index (κ3) is 6.54. The monoisotopic (exact) mass is 309 g/mol. The molecular weight excluding hydrogens is 291 g/mol. The summed E-state index contributed by atoms with van der Waals surface area (Å²) in [6.45, 7) is -1.58. The molecule has 21 heavy (non-hydrogen) atoms. The van der Waals surface area contributed by atoms with E-state index >= 15 is 0 Å². The zero-order chi connectivity index (χ0) is 15.7. The summed E-state index contributed by atoms with van der Waals surface area (Å²) in [5.74, 6) is -1.53. The summed E-state index contributed by atoms with van der Waals surface area (Å²) >= 11 is 0. The van der Waals surface area contributed by atoms with Gasteiger partial charge in [0.05, 0.1) is 12.3 Å². The van der Waals surface area contributed by atoms with E-state index in [0.717, 1.165) is 18.6 Å². The second kappa shape index (κ2) is 9.30. The first-order valence-electron chi connectivity index (χ1n) is 6.28. The van der Waals surface area contributed by atoms with E-state index in [0.29, 0.717) is 13.2 Å². The average molecular weight is 309 g/mol. The van der Waals surface area contributed by atoms with Crippen LogP contribution in [0.15, 0.2) is 12.1 Å². The van der Waals surface area contributed by atoms with Crippen LogP contribution in [0.2, 0.25) is 0 Å². The summed E-state index contributed by atoms with van der Waals surface area (Å²) in [5.41, 5.74) is 5.53. The number of nitrogens with two attached hydrogens (primary N) is 1. The second-order valence-corrected chi connectivity index (χ2v) is 4.01. The highest BCUT2D eigenvalue weighted by Gasteiger charge is 2.14. The number of methoxy groups -OCH3 is 1. The summed E-state index contributed by atoms with van der Waals surface area (Å²) < 4.78 is 56.9. The van der Waals surface area contributed by atoms with Crippen LogP contribution in [0.4, 0.5) is 18.9 Å². The van der Waals surface area contributed by atoms with Crippen molar-refractivity contribution in [3.05, 3.63) is 17.9 Å². The molecule has 0 aliphatic carbocycles. The molecule has 1 aromatic rings. The number of halogens is 3. The van der Waals surface area contributed by atoms with Gasteiger partial charge in [0.15, 0.2) is 11.6 Å². The predicted octanol–water partition coefficient (Wildman–Crippen LogP) is 2.44. The fourth-order valence-electron chi connectivity index (χ4n) is 1.48. The minimum atomic E-state index is -3.12. The Morgan fingerprint density at radius 3 is 2.52 bits per heavy atom. The van der Waals surface area contributed by atoms with Gasteiger partial charge in [0.25, 0.3) is 0 Å². The van der Waals surface area contributed by atoms with E-state index in [9.17, 15) is 13.2 Å².